The van der Waals surface area contributed by atoms with Crippen molar-refractivity contribution in [2.45, 2.75) is 78.0 Å². The molecule has 0 bridgehead atoms. The number of benzene rings is 2. The van der Waals surface area contributed by atoms with Crippen molar-refractivity contribution in [3.05, 3.63) is 81.6 Å². The molecule has 2 saturated heterocycles. The molecule has 6 rings (SSSR count). The fraction of sp³-hybridized carbons (Fsp3) is 0.512. The van der Waals surface area contributed by atoms with Crippen LogP contribution in [0.1, 0.15) is 61.5 Å². The standard InChI is InChI=1S/C41H53Cl2FN8O4/c1-6-20-55-36-24-30(7-9-34(36)53-4)26-49-16-11-32(12-17-49)51(38-22-28(2)45-40(42)47-38)52(39-23-29(3)46-41(43)48-39)33-13-18-50(19-14-33)27-31-8-10-35(54-5)37(25-31)56-21-15-44/h7-10,22-25,32-33H,6,11-21,26-27H2,1-5H3. The van der Waals surface area contributed by atoms with Crippen molar-refractivity contribution < 1.29 is 23.3 Å². The van der Waals surface area contributed by atoms with Crippen molar-refractivity contribution in [3.8, 4) is 23.0 Å². The van der Waals surface area contributed by atoms with E-state index in [9.17, 15) is 4.39 Å². The molecule has 15 heteroatoms. The molecule has 0 spiro atoms. The zero-order valence-electron chi connectivity index (χ0n) is 33.0. The zero-order valence-corrected chi connectivity index (χ0v) is 34.5. The summed E-state index contributed by atoms with van der Waals surface area (Å²) in [4.78, 5) is 23.4. The van der Waals surface area contributed by atoms with Gasteiger partial charge in [-0.15, -0.1) is 0 Å². The molecule has 2 aromatic carbocycles. The number of aromatic nitrogens is 4. The summed E-state index contributed by atoms with van der Waals surface area (Å²) in [6, 6.07) is 16.2. The Bertz CT molecular complexity index is 1720. The maximum absolute atomic E-state index is 12.9. The molecule has 0 amide bonds. The fourth-order valence-corrected chi connectivity index (χ4v) is 8.04. The highest BCUT2D eigenvalue weighted by Gasteiger charge is 2.37. The SMILES string of the molecule is CCCOc1cc(CN2CCC(N(c3cc(C)nc(Cl)n3)N(c3cc(C)nc(Cl)n3)C3CCN(Cc4ccc(OC)c(OCCF)c4)CC3)CC2)ccc1OC. The molecule has 302 valence electrons. The first kappa shape index (κ1) is 41.5. The summed E-state index contributed by atoms with van der Waals surface area (Å²) in [5, 5.41) is 5.00. The summed E-state index contributed by atoms with van der Waals surface area (Å²) in [5.74, 6) is 4.11. The molecule has 0 radical (unpaired) electrons. The number of hydrogen-bond donors (Lipinski definition) is 0. The molecule has 0 aliphatic carbocycles. The minimum atomic E-state index is -0.565. The maximum Gasteiger partial charge on any atom is 0.224 e. The maximum atomic E-state index is 12.9. The van der Waals surface area contributed by atoms with Gasteiger partial charge in [0.15, 0.2) is 34.6 Å². The van der Waals surface area contributed by atoms with Gasteiger partial charge in [0.05, 0.1) is 32.9 Å². The normalized spacial score (nSPS) is 15.8. The predicted octanol–water partition coefficient (Wildman–Crippen LogP) is 7.90. The van der Waals surface area contributed by atoms with Crippen LogP contribution in [-0.2, 0) is 13.1 Å². The second-order valence-electron chi connectivity index (χ2n) is 14.3. The lowest BCUT2D eigenvalue weighted by molar-refractivity contribution is 0.183. The van der Waals surface area contributed by atoms with E-state index in [-0.39, 0.29) is 29.3 Å². The van der Waals surface area contributed by atoms with Crippen LogP contribution in [0.2, 0.25) is 10.6 Å². The molecule has 4 aromatic rings. The molecule has 2 aromatic heterocycles. The number of aryl methyl sites for hydroxylation is 2. The largest absolute Gasteiger partial charge is 0.493 e. The van der Waals surface area contributed by atoms with Gasteiger partial charge in [-0.05, 0) is 105 Å². The first-order valence-electron chi connectivity index (χ1n) is 19.4. The molecule has 4 heterocycles. The van der Waals surface area contributed by atoms with Gasteiger partial charge in [0, 0.05) is 62.8 Å². The van der Waals surface area contributed by atoms with Crippen LogP contribution < -0.4 is 29.0 Å². The van der Waals surface area contributed by atoms with Crippen molar-refractivity contribution in [1.82, 2.24) is 29.7 Å². The number of anilines is 2. The lowest BCUT2D eigenvalue weighted by Crippen LogP contribution is -2.59. The molecule has 56 heavy (non-hydrogen) atoms. The van der Waals surface area contributed by atoms with E-state index in [0.717, 1.165) is 111 Å². The minimum Gasteiger partial charge on any atom is -0.493 e. The van der Waals surface area contributed by atoms with Gasteiger partial charge in [0.1, 0.15) is 13.3 Å². The first-order chi connectivity index (χ1) is 27.2. The van der Waals surface area contributed by atoms with Gasteiger partial charge in [0.25, 0.3) is 0 Å². The Hall–Kier alpha value is -4.17. The number of alkyl halides is 1. The summed E-state index contributed by atoms with van der Waals surface area (Å²) in [7, 11) is 3.26. The van der Waals surface area contributed by atoms with Crippen LogP contribution in [0, 0.1) is 13.8 Å². The van der Waals surface area contributed by atoms with E-state index in [0.29, 0.717) is 18.1 Å². The molecular weight excluding hydrogens is 758 g/mol. The third-order valence-electron chi connectivity index (χ3n) is 10.2. The van der Waals surface area contributed by atoms with Crippen LogP contribution in [0.4, 0.5) is 16.0 Å². The van der Waals surface area contributed by atoms with Crippen molar-refractivity contribution in [1.29, 1.82) is 0 Å². The lowest BCUT2D eigenvalue weighted by atomic mass is 10.0. The minimum absolute atomic E-state index is 0.0156. The van der Waals surface area contributed by atoms with Crippen molar-refractivity contribution >= 4 is 34.8 Å². The number of methoxy groups -OCH3 is 2. The van der Waals surface area contributed by atoms with Gasteiger partial charge in [-0.3, -0.25) is 19.8 Å². The van der Waals surface area contributed by atoms with E-state index in [4.69, 9.17) is 52.1 Å². The van der Waals surface area contributed by atoms with Crippen LogP contribution >= 0.6 is 23.2 Å². The monoisotopic (exact) mass is 810 g/mol. The number of halogens is 3. The molecular formula is C41H53Cl2FN8O4. The number of rotatable bonds is 17. The molecule has 0 N–H and O–H groups in total. The van der Waals surface area contributed by atoms with Crippen molar-refractivity contribution in [3.63, 3.8) is 0 Å². The van der Waals surface area contributed by atoms with Crippen LogP contribution in [0.15, 0.2) is 48.5 Å². The second-order valence-corrected chi connectivity index (χ2v) is 15.0. The van der Waals surface area contributed by atoms with Crippen molar-refractivity contribution in [2.24, 2.45) is 0 Å². The van der Waals surface area contributed by atoms with Crippen LogP contribution in [0.3, 0.4) is 0 Å². The molecule has 0 atom stereocenters. The first-order valence-corrected chi connectivity index (χ1v) is 20.1. The Balaban J connectivity index is 1.24. The number of likely N-dealkylation sites (tertiary alicyclic amines) is 2. The zero-order chi connectivity index (χ0) is 39.6. The van der Waals surface area contributed by atoms with Gasteiger partial charge in [0.2, 0.25) is 10.6 Å². The van der Waals surface area contributed by atoms with E-state index < -0.39 is 6.67 Å². The number of hydrogen-bond acceptors (Lipinski definition) is 12. The lowest BCUT2D eigenvalue weighted by Gasteiger charge is -2.49. The topological polar surface area (TPSA) is 101 Å². The smallest absolute Gasteiger partial charge is 0.224 e. The third kappa shape index (κ3) is 10.6. The third-order valence-corrected chi connectivity index (χ3v) is 10.5. The Morgan fingerprint density at radius 3 is 1.45 bits per heavy atom. The van der Waals surface area contributed by atoms with Gasteiger partial charge in [-0.1, -0.05) is 19.1 Å². The number of hydrazine groups is 1. The van der Waals surface area contributed by atoms with Crippen LogP contribution in [-0.4, -0.2) is 102 Å². The Labute approximate surface area is 339 Å². The van der Waals surface area contributed by atoms with Crippen molar-refractivity contribution in [2.75, 3.05) is 70.3 Å². The second kappa shape index (κ2) is 19.8. The van der Waals surface area contributed by atoms with E-state index in [1.54, 1.807) is 14.2 Å². The summed E-state index contributed by atoms with van der Waals surface area (Å²) < 4.78 is 35.6. The average molecular weight is 812 g/mol. The average Bonchev–Trinajstić information content (AvgIpc) is 3.18. The quantitative estimate of drug-likeness (QED) is 0.0766. The molecule has 2 fully saturated rings. The Morgan fingerprint density at radius 2 is 1.07 bits per heavy atom. The highest BCUT2D eigenvalue weighted by molar-refractivity contribution is 6.28. The Morgan fingerprint density at radius 1 is 0.643 bits per heavy atom. The Kier molecular flexibility index (Phi) is 14.7. The highest BCUT2D eigenvalue weighted by Crippen LogP contribution is 2.35. The predicted molar refractivity (Wildman–Crippen MR) is 218 cm³/mol. The van der Waals surface area contributed by atoms with E-state index >= 15 is 0 Å². The van der Waals surface area contributed by atoms with E-state index in [1.807, 2.05) is 50.2 Å². The highest BCUT2D eigenvalue weighted by atomic mass is 35.5. The summed E-state index contributed by atoms with van der Waals surface area (Å²) in [5.41, 5.74) is 3.82. The van der Waals surface area contributed by atoms with Crippen LogP contribution in [0.5, 0.6) is 23.0 Å². The van der Waals surface area contributed by atoms with Gasteiger partial charge in [-0.25, -0.2) is 14.4 Å². The molecule has 2 aliphatic rings. The number of ether oxygens (including phenoxy) is 4. The van der Waals surface area contributed by atoms with Gasteiger partial charge in [-0.2, -0.15) is 9.97 Å². The molecule has 0 unspecified atom stereocenters. The fourth-order valence-electron chi connectivity index (χ4n) is 7.60. The number of piperidine rings is 2. The molecule has 0 saturated carbocycles. The molecule has 2 aliphatic heterocycles. The van der Waals surface area contributed by atoms with E-state index in [1.165, 1.54) is 5.56 Å². The van der Waals surface area contributed by atoms with Gasteiger partial charge < -0.3 is 18.9 Å². The number of nitrogens with zero attached hydrogens (tertiary/aromatic N) is 8. The summed E-state index contributed by atoms with van der Waals surface area (Å²) in [6.07, 6.45) is 4.40. The van der Waals surface area contributed by atoms with E-state index in [2.05, 4.69) is 48.8 Å². The van der Waals surface area contributed by atoms with Gasteiger partial charge >= 0.3 is 0 Å². The van der Waals surface area contributed by atoms with Crippen LogP contribution in [0.25, 0.3) is 0 Å². The molecule has 12 nitrogen and oxygen atoms in total. The summed E-state index contributed by atoms with van der Waals surface area (Å²) >= 11 is 13.1. The summed E-state index contributed by atoms with van der Waals surface area (Å²) in [6.45, 7) is 11.0.